The van der Waals surface area contributed by atoms with Gasteiger partial charge in [0.05, 0.1) is 6.04 Å². The second-order valence-corrected chi connectivity index (χ2v) is 6.66. The molecule has 0 spiro atoms. The van der Waals surface area contributed by atoms with Gasteiger partial charge in [0.1, 0.15) is 0 Å². The highest BCUT2D eigenvalue weighted by Crippen LogP contribution is 2.22. The van der Waals surface area contributed by atoms with Crippen molar-refractivity contribution in [1.82, 2.24) is 15.5 Å². The van der Waals surface area contributed by atoms with Crippen molar-refractivity contribution in [1.29, 1.82) is 0 Å². The molecule has 0 bridgehead atoms. The van der Waals surface area contributed by atoms with Crippen LogP contribution in [0.4, 0.5) is 0 Å². The normalized spacial score (nSPS) is 22.2. The van der Waals surface area contributed by atoms with Crippen LogP contribution in [0, 0.1) is 0 Å². The minimum Gasteiger partial charge on any atom is -0.355 e. The van der Waals surface area contributed by atoms with Crippen molar-refractivity contribution in [2.45, 2.75) is 51.9 Å². The SMILES string of the molecule is CCNC(=O)[C@@H]1C[C@H](NC(C)C)CN1Cc1ccc(Cl)cc1. The fourth-order valence-corrected chi connectivity index (χ4v) is 3.19. The fourth-order valence-electron chi connectivity index (χ4n) is 3.06. The lowest BCUT2D eigenvalue weighted by atomic mass is 10.1. The summed E-state index contributed by atoms with van der Waals surface area (Å²) in [6.07, 6.45) is 0.859. The van der Waals surface area contributed by atoms with Gasteiger partial charge in [0.2, 0.25) is 5.91 Å². The third kappa shape index (κ3) is 4.70. The zero-order valence-corrected chi connectivity index (χ0v) is 14.4. The lowest BCUT2D eigenvalue weighted by molar-refractivity contribution is -0.125. The first kappa shape index (κ1) is 17.3. The summed E-state index contributed by atoms with van der Waals surface area (Å²) in [6, 6.07) is 8.58. The van der Waals surface area contributed by atoms with Gasteiger partial charge < -0.3 is 10.6 Å². The largest absolute Gasteiger partial charge is 0.355 e. The summed E-state index contributed by atoms with van der Waals surface area (Å²) in [4.78, 5) is 14.6. The van der Waals surface area contributed by atoms with E-state index < -0.39 is 0 Å². The monoisotopic (exact) mass is 323 g/mol. The molecular weight excluding hydrogens is 298 g/mol. The first-order valence-corrected chi connectivity index (χ1v) is 8.39. The van der Waals surface area contributed by atoms with Crippen molar-refractivity contribution in [2.75, 3.05) is 13.1 Å². The molecule has 1 heterocycles. The van der Waals surface area contributed by atoms with Crippen LogP contribution in [0.1, 0.15) is 32.8 Å². The highest BCUT2D eigenvalue weighted by molar-refractivity contribution is 6.30. The minimum absolute atomic E-state index is 0.0631. The van der Waals surface area contributed by atoms with Crippen molar-refractivity contribution >= 4 is 17.5 Å². The van der Waals surface area contributed by atoms with Gasteiger partial charge in [-0.3, -0.25) is 9.69 Å². The molecule has 1 aliphatic heterocycles. The standard InChI is InChI=1S/C17H26ClN3O/c1-4-19-17(22)16-9-15(20-12(2)3)11-21(16)10-13-5-7-14(18)8-6-13/h5-8,12,15-16,20H,4,9-11H2,1-3H3,(H,19,22)/t15-,16-/m0/s1. The van der Waals surface area contributed by atoms with E-state index in [9.17, 15) is 4.79 Å². The van der Waals surface area contributed by atoms with Gasteiger partial charge in [0, 0.05) is 36.7 Å². The van der Waals surface area contributed by atoms with Crippen LogP contribution in [0.15, 0.2) is 24.3 Å². The molecule has 0 aliphatic carbocycles. The van der Waals surface area contributed by atoms with Crippen molar-refractivity contribution < 1.29 is 4.79 Å². The summed E-state index contributed by atoms with van der Waals surface area (Å²) in [5.74, 6) is 0.129. The molecule has 2 atom stereocenters. The Morgan fingerprint density at radius 1 is 1.36 bits per heavy atom. The van der Waals surface area contributed by atoms with E-state index >= 15 is 0 Å². The molecule has 2 rings (SSSR count). The molecule has 1 amide bonds. The predicted octanol–water partition coefficient (Wildman–Crippen LogP) is 2.42. The maximum absolute atomic E-state index is 12.3. The van der Waals surface area contributed by atoms with Gasteiger partial charge in [-0.05, 0) is 31.0 Å². The molecule has 1 aromatic rings. The van der Waals surface area contributed by atoms with Crippen LogP contribution in [0.25, 0.3) is 0 Å². The maximum atomic E-state index is 12.3. The summed E-state index contributed by atoms with van der Waals surface area (Å²) in [6.45, 7) is 8.58. The minimum atomic E-state index is -0.0631. The zero-order valence-electron chi connectivity index (χ0n) is 13.6. The summed E-state index contributed by atoms with van der Waals surface area (Å²) >= 11 is 5.94. The first-order valence-electron chi connectivity index (χ1n) is 8.01. The van der Waals surface area contributed by atoms with E-state index in [0.717, 1.165) is 24.5 Å². The third-order valence-corrected chi connectivity index (χ3v) is 4.18. The third-order valence-electron chi connectivity index (χ3n) is 3.93. The molecule has 0 unspecified atom stereocenters. The molecule has 5 heteroatoms. The number of likely N-dealkylation sites (tertiary alicyclic amines) is 1. The zero-order chi connectivity index (χ0) is 16.1. The molecule has 122 valence electrons. The number of halogens is 1. The van der Waals surface area contributed by atoms with Gasteiger partial charge in [-0.25, -0.2) is 0 Å². The Balaban J connectivity index is 2.06. The van der Waals surface area contributed by atoms with E-state index in [4.69, 9.17) is 11.6 Å². The number of rotatable bonds is 6. The first-order chi connectivity index (χ1) is 10.5. The van der Waals surface area contributed by atoms with Crippen LogP contribution in [0.2, 0.25) is 5.02 Å². The molecule has 0 radical (unpaired) electrons. The second kappa shape index (κ2) is 7.95. The average molecular weight is 324 g/mol. The van der Waals surface area contributed by atoms with Crippen LogP contribution in [-0.2, 0) is 11.3 Å². The Morgan fingerprint density at radius 3 is 2.64 bits per heavy atom. The van der Waals surface area contributed by atoms with Gasteiger partial charge in [0.15, 0.2) is 0 Å². The van der Waals surface area contributed by atoms with E-state index in [2.05, 4.69) is 29.4 Å². The van der Waals surface area contributed by atoms with E-state index in [1.807, 2.05) is 31.2 Å². The second-order valence-electron chi connectivity index (χ2n) is 6.22. The Bertz CT molecular complexity index is 489. The van der Waals surface area contributed by atoms with Crippen LogP contribution in [-0.4, -0.2) is 42.0 Å². The van der Waals surface area contributed by atoms with E-state index in [1.165, 1.54) is 5.56 Å². The number of nitrogens with zero attached hydrogens (tertiary/aromatic N) is 1. The number of nitrogens with one attached hydrogen (secondary N) is 2. The van der Waals surface area contributed by atoms with Crippen molar-refractivity contribution in [3.05, 3.63) is 34.9 Å². The van der Waals surface area contributed by atoms with Gasteiger partial charge >= 0.3 is 0 Å². The summed E-state index contributed by atoms with van der Waals surface area (Å²) in [5, 5.41) is 7.25. The summed E-state index contributed by atoms with van der Waals surface area (Å²) in [7, 11) is 0. The number of hydrogen-bond acceptors (Lipinski definition) is 3. The molecule has 22 heavy (non-hydrogen) atoms. The Morgan fingerprint density at radius 2 is 2.05 bits per heavy atom. The molecule has 0 saturated carbocycles. The number of carbonyl (C=O) groups is 1. The summed E-state index contributed by atoms with van der Waals surface area (Å²) < 4.78 is 0. The summed E-state index contributed by atoms with van der Waals surface area (Å²) in [5.41, 5.74) is 1.18. The lowest BCUT2D eigenvalue weighted by Crippen LogP contribution is -2.42. The van der Waals surface area contributed by atoms with Gasteiger partial charge in [-0.1, -0.05) is 37.6 Å². The lowest BCUT2D eigenvalue weighted by Gasteiger charge is -2.23. The van der Waals surface area contributed by atoms with Gasteiger partial charge in [-0.15, -0.1) is 0 Å². The number of amides is 1. The molecule has 1 saturated heterocycles. The highest BCUT2D eigenvalue weighted by Gasteiger charge is 2.36. The maximum Gasteiger partial charge on any atom is 0.237 e. The van der Waals surface area contributed by atoms with E-state index in [1.54, 1.807) is 0 Å². The molecule has 4 nitrogen and oxygen atoms in total. The van der Waals surface area contributed by atoms with Crippen molar-refractivity contribution in [3.8, 4) is 0 Å². The molecule has 2 N–H and O–H groups in total. The highest BCUT2D eigenvalue weighted by atomic mass is 35.5. The quantitative estimate of drug-likeness (QED) is 0.845. The number of carbonyl (C=O) groups excluding carboxylic acids is 1. The molecule has 1 fully saturated rings. The van der Waals surface area contributed by atoms with Crippen LogP contribution in [0.3, 0.4) is 0 Å². The van der Waals surface area contributed by atoms with Crippen molar-refractivity contribution in [3.63, 3.8) is 0 Å². The van der Waals surface area contributed by atoms with Gasteiger partial charge in [0.25, 0.3) is 0 Å². The smallest absolute Gasteiger partial charge is 0.237 e. The van der Waals surface area contributed by atoms with Crippen molar-refractivity contribution in [2.24, 2.45) is 0 Å². The van der Waals surface area contributed by atoms with E-state index in [0.29, 0.717) is 18.6 Å². The fraction of sp³-hybridized carbons (Fsp3) is 0.588. The van der Waals surface area contributed by atoms with Gasteiger partial charge in [-0.2, -0.15) is 0 Å². The number of likely N-dealkylation sites (N-methyl/N-ethyl adjacent to an activating group) is 1. The van der Waals surface area contributed by atoms with Crippen LogP contribution >= 0.6 is 11.6 Å². The Kier molecular flexibility index (Phi) is 6.24. The predicted molar refractivity (Wildman–Crippen MR) is 91.0 cm³/mol. The molecule has 1 aliphatic rings. The van der Waals surface area contributed by atoms with Crippen LogP contribution < -0.4 is 10.6 Å². The number of hydrogen-bond donors (Lipinski definition) is 2. The molecule has 0 aromatic heterocycles. The van der Waals surface area contributed by atoms with Crippen LogP contribution in [0.5, 0.6) is 0 Å². The molecule has 1 aromatic carbocycles. The number of benzene rings is 1. The topological polar surface area (TPSA) is 44.4 Å². The Labute approximate surface area is 138 Å². The average Bonchev–Trinajstić information content (AvgIpc) is 2.83. The van der Waals surface area contributed by atoms with E-state index in [-0.39, 0.29) is 11.9 Å². The molecular formula is C17H26ClN3O. The Hall–Kier alpha value is -1.10.